The molecule has 14 nitrogen and oxygen atoms in total. The molecule has 2 fully saturated rings. The molecule has 6 atom stereocenters. The Balaban J connectivity index is 1.75. The maximum absolute atomic E-state index is 14.4. The van der Waals surface area contributed by atoms with Crippen LogP contribution in [0.5, 0.6) is 0 Å². The van der Waals surface area contributed by atoms with Crippen LogP contribution in [0.3, 0.4) is 0 Å². The predicted octanol–water partition coefficient (Wildman–Crippen LogP) is 3.94. The largest absolute Gasteiger partial charge is 0.456 e. The third-order valence-corrected chi connectivity index (χ3v) is 12.1. The highest BCUT2D eigenvalue weighted by Crippen LogP contribution is 2.65. The van der Waals surface area contributed by atoms with Crippen molar-refractivity contribution >= 4 is 39.7 Å². The smallest absolute Gasteiger partial charge is 0.338 e. The number of benzene rings is 1. The molecule has 1 saturated carbocycles. The zero-order chi connectivity index (χ0) is 43.6. The molecule has 17 heteroatoms. The van der Waals surface area contributed by atoms with Gasteiger partial charge in [-0.2, -0.15) is 0 Å². The highest BCUT2D eigenvalue weighted by molar-refractivity contribution is 7.88. The van der Waals surface area contributed by atoms with Crippen LogP contribution >= 0.6 is 0 Å². The number of carbonyl (C=O) groups is 5. The van der Waals surface area contributed by atoms with Gasteiger partial charge in [0.25, 0.3) is 0 Å². The van der Waals surface area contributed by atoms with Crippen LogP contribution in [-0.2, 0) is 35.6 Å². The van der Waals surface area contributed by atoms with Gasteiger partial charge in [0.1, 0.15) is 23.7 Å². The molecule has 1 heterocycles. The van der Waals surface area contributed by atoms with E-state index in [0.29, 0.717) is 12.0 Å². The van der Waals surface area contributed by atoms with Gasteiger partial charge in [-0.25, -0.2) is 31.1 Å². The fraction of sp³-hybridized carbons (Fsp3) is 0.725. The zero-order valence-electron chi connectivity index (χ0n) is 35.7. The minimum atomic E-state index is -3.55. The van der Waals surface area contributed by atoms with Crippen molar-refractivity contribution in [3.05, 3.63) is 35.4 Å². The number of hydrogen-bond acceptors (Lipinski definition) is 8. The summed E-state index contributed by atoms with van der Waals surface area (Å²) in [6.45, 7) is 20.2. The Labute approximate surface area is 337 Å². The lowest BCUT2D eigenvalue weighted by molar-refractivity contribution is -0.144. The minimum absolute atomic E-state index is 0.0208. The summed E-state index contributed by atoms with van der Waals surface area (Å²) in [4.78, 5) is 69.0. The number of likely N-dealkylation sites (tertiary alicyclic amines) is 1. The number of halogens is 2. The van der Waals surface area contributed by atoms with Crippen molar-refractivity contribution in [2.75, 3.05) is 32.9 Å². The number of hydrogen-bond donors (Lipinski definition) is 4. The van der Waals surface area contributed by atoms with Crippen LogP contribution in [-0.4, -0.2) is 116 Å². The van der Waals surface area contributed by atoms with Crippen LogP contribution in [0.4, 0.5) is 13.6 Å². The van der Waals surface area contributed by atoms with Gasteiger partial charge in [0, 0.05) is 39.1 Å². The van der Waals surface area contributed by atoms with Gasteiger partial charge in [0.05, 0.1) is 11.8 Å². The number of nitrogens with one attached hydrogen (secondary N) is 4. The molecule has 4 N–H and O–H groups in total. The van der Waals surface area contributed by atoms with Gasteiger partial charge in [0.15, 0.2) is 0 Å². The Bertz CT molecular complexity index is 1750. The van der Waals surface area contributed by atoms with E-state index in [-0.39, 0.29) is 36.9 Å². The number of fused-ring (bicyclic) bond motifs is 1. The Morgan fingerprint density at radius 1 is 0.930 bits per heavy atom. The number of alkyl halides is 2. The first kappa shape index (κ1) is 47.5. The fourth-order valence-corrected chi connectivity index (χ4v) is 7.57. The lowest BCUT2D eigenvalue weighted by Crippen LogP contribution is -2.62. The van der Waals surface area contributed by atoms with E-state index in [1.165, 1.54) is 11.9 Å². The minimum Gasteiger partial charge on any atom is -0.456 e. The number of urea groups is 1. The van der Waals surface area contributed by atoms with Gasteiger partial charge in [0.2, 0.25) is 34.2 Å². The van der Waals surface area contributed by atoms with Crippen molar-refractivity contribution in [1.82, 2.24) is 30.5 Å². The molecular weight excluding hydrogens is 763 g/mol. The van der Waals surface area contributed by atoms with Gasteiger partial charge < -0.3 is 30.9 Å². The summed E-state index contributed by atoms with van der Waals surface area (Å²) in [5.41, 5.74) is -1.30. The summed E-state index contributed by atoms with van der Waals surface area (Å²) >= 11 is 0. The molecule has 1 aromatic carbocycles. The average molecular weight is 827 g/mol. The number of nitrogens with zero attached hydrogens (tertiary/aromatic N) is 2. The molecule has 3 rings (SSSR count). The van der Waals surface area contributed by atoms with Crippen molar-refractivity contribution in [3.63, 3.8) is 0 Å². The van der Waals surface area contributed by atoms with Gasteiger partial charge in [-0.1, -0.05) is 67.5 Å². The Morgan fingerprint density at radius 3 is 2.00 bits per heavy atom. The third kappa shape index (κ3) is 12.8. The monoisotopic (exact) mass is 826 g/mol. The molecule has 0 aromatic heterocycles. The van der Waals surface area contributed by atoms with Crippen LogP contribution in [0.1, 0.15) is 98.5 Å². The van der Waals surface area contributed by atoms with E-state index < -0.39 is 93.2 Å². The molecule has 322 valence electrons. The maximum atomic E-state index is 14.4. The molecule has 0 unspecified atom stereocenters. The zero-order valence-corrected chi connectivity index (χ0v) is 36.5. The highest BCUT2D eigenvalue weighted by Gasteiger charge is 2.70. The second-order valence-corrected chi connectivity index (χ2v) is 21.3. The van der Waals surface area contributed by atoms with E-state index in [0.717, 1.165) is 16.1 Å². The molecule has 57 heavy (non-hydrogen) atoms. The van der Waals surface area contributed by atoms with E-state index >= 15 is 0 Å². The maximum Gasteiger partial charge on any atom is 0.338 e. The Kier molecular flexibility index (Phi) is 14.6. The fourth-order valence-electron chi connectivity index (χ4n) is 7.15. The number of amides is 5. The molecule has 1 saturated heterocycles. The van der Waals surface area contributed by atoms with Crippen LogP contribution in [0, 0.1) is 28.1 Å². The summed E-state index contributed by atoms with van der Waals surface area (Å²) in [6, 6.07) is 1.43. The molecule has 0 bridgehead atoms. The van der Waals surface area contributed by atoms with Gasteiger partial charge in [-0.05, 0) is 73.0 Å². The van der Waals surface area contributed by atoms with Gasteiger partial charge in [-0.3, -0.25) is 14.4 Å². The van der Waals surface area contributed by atoms with Gasteiger partial charge in [-0.15, -0.1) is 0 Å². The molecule has 1 aliphatic heterocycles. The van der Waals surface area contributed by atoms with E-state index in [1.807, 2.05) is 34.6 Å². The molecular formula is C40H64F2N6O8S. The molecule has 1 aliphatic carbocycles. The average Bonchev–Trinajstić information content (AvgIpc) is 3.34. The summed E-state index contributed by atoms with van der Waals surface area (Å²) < 4.78 is 58.4. The van der Waals surface area contributed by atoms with Crippen LogP contribution < -0.4 is 21.3 Å². The van der Waals surface area contributed by atoms with Crippen LogP contribution in [0.15, 0.2) is 24.3 Å². The van der Waals surface area contributed by atoms with E-state index in [1.54, 1.807) is 65.8 Å². The first-order valence-corrected chi connectivity index (χ1v) is 21.2. The first-order chi connectivity index (χ1) is 25.8. The number of esters is 1. The van der Waals surface area contributed by atoms with Crippen LogP contribution in [0.25, 0.3) is 0 Å². The number of carbonyl (C=O) groups excluding carboxylic acids is 5. The molecule has 1 aromatic rings. The van der Waals surface area contributed by atoms with Crippen molar-refractivity contribution in [2.45, 2.75) is 125 Å². The number of likely N-dealkylation sites (N-methyl/N-ethyl adjacent to an activating group) is 1. The standard InChI is InChI=1S/C40H64F2N6O8S/c1-37(2,3)27(22-47(12)57(13,54)55)45-36(53)46-31(38(4,5)6)34(51)48-21-25-29(40(25,10)11)30(48)33(50)44-26(20-28(41)42)32(49)43-19-18-23-14-16-24(17-15-23)35(52)56-39(7,8)9/h14-17,25-31H,18-22H2,1-13H3,(H,43,49)(H,44,50)(H2,45,46,53)/t25-,26-,27+,29-,30-,31+/m0/s1. The Morgan fingerprint density at radius 2 is 1.51 bits per heavy atom. The topological polar surface area (TPSA) is 183 Å². The van der Waals surface area contributed by atoms with Crippen molar-refractivity contribution in [3.8, 4) is 0 Å². The first-order valence-electron chi connectivity index (χ1n) is 19.3. The van der Waals surface area contributed by atoms with Gasteiger partial charge >= 0.3 is 12.0 Å². The Hall–Kier alpha value is -3.86. The summed E-state index contributed by atoms with van der Waals surface area (Å²) in [5.74, 6) is -2.97. The highest BCUT2D eigenvalue weighted by atomic mass is 32.2. The second-order valence-electron chi connectivity index (χ2n) is 19.2. The van der Waals surface area contributed by atoms with Crippen molar-refractivity contribution in [1.29, 1.82) is 0 Å². The van der Waals surface area contributed by atoms with E-state index in [9.17, 15) is 41.2 Å². The number of piperidine rings is 1. The quantitative estimate of drug-likeness (QED) is 0.192. The second kappa shape index (κ2) is 17.6. The molecule has 0 spiro atoms. The number of rotatable bonds is 15. The SMILES string of the molecule is CN(C[C@@H](NC(=O)N[C@H](C(=O)N1C[C@H]2[C@@H]([C@H]1C(=O)N[C@@H](CC(F)F)C(=O)NCCc1ccc(C(=O)OC(C)(C)C)cc1)C2(C)C)C(C)(C)C)C(C)(C)C)S(C)(=O)=O. The number of ether oxygens (including phenoxy) is 1. The van der Waals surface area contributed by atoms with E-state index in [2.05, 4.69) is 21.3 Å². The van der Waals surface area contributed by atoms with Crippen molar-refractivity contribution < 1.29 is 45.9 Å². The molecule has 0 radical (unpaired) electrons. The lowest BCUT2D eigenvalue weighted by Gasteiger charge is -2.39. The number of sulfonamides is 1. The van der Waals surface area contributed by atoms with Crippen LogP contribution in [0.2, 0.25) is 0 Å². The summed E-state index contributed by atoms with van der Waals surface area (Å²) in [6.07, 6.45) is -2.49. The summed E-state index contributed by atoms with van der Waals surface area (Å²) in [5, 5.41) is 10.7. The lowest BCUT2D eigenvalue weighted by atomic mass is 9.85. The normalized spacial score (nSPS) is 20.9. The summed E-state index contributed by atoms with van der Waals surface area (Å²) in [7, 11) is -2.14. The molecule has 2 aliphatic rings. The predicted molar refractivity (Wildman–Crippen MR) is 213 cm³/mol. The third-order valence-electron chi connectivity index (χ3n) is 10.9. The van der Waals surface area contributed by atoms with E-state index in [4.69, 9.17) is 4.74 Å². The molecule has 5 amide bonds. The van der Waals surface area contributed by atoms with Crippen molar-refractivity contribution in [2.24, 2.45) is 28.1 Å².